The lowest BCUT2D eigenvalue weighted by atomic mass is 10.1. The maximum atomic E-state index is 13.0. The number of aromatic nitrogens is 2. The highest BCUT2D eigenvalue weighted by molar-refractivity contribution is 9.10. The van der Waals surface area contributed by atoms with Crippen LogP contribution in [0.4, 0.5) is 0 Å². The van der Waals surface area contributed by atoms with E-state index in [-0.39, 0.29) is 29.6 Å². The number of benzene rings is 2. The van der Waals surface area contributed by atoms with Crippen LogP contribution in [0, 0.1) is 17.8 Å². The van der Waals surface area contributed by atoms with E-state index in [0.29, 0.717) is 25.1 Å². The summed E-state index contributed by atoms with van der Waals surface area (Å²) in [6, 6.07) is 12.3. The Hall–Kier alpha value is -3.20. The Kier molecular flexibility index (Phi) is 5.89. The number of likely N-dealkylation sites (tertiary alicyclic amines) is 1. The van der Waals surface area contributed by atoms with Crippen LogP contribution in [0.25, 0.3) is 10.9 Å². The molecule has 0 radical (unpaired) electrons. The Bertz CT molecular complexity index is 1280. The standard InChI is InChI=1S/C25H25BrN4O4/c1-29-11-16-9-15(7-8-20(16)28-29)24(32)30-12-17-18(13-30)22(17)23(31)27-21(25(33)34-2)10-14-5-3-4-6-19(14)26/h3-9,11,17-18,21-22H,10,12-13H2,1-2H3,(H,27,31)/t17-,18-,21-/m0/s1. The molecule has 1 saturated carbocycles. The number of nitrogens with zero attached hydrogens (tertiary/aromatic N) is 3. The molecule has 1 saturated heterocycles. The van der Waals surface area contributed by atoms with Crippen LogP contribution < -0.4 is 5.32 Å². The maximum Gasteiger partial charge on any atom is 0.328 e. The molecule has 1 aliphatic carbocycles. The minimum atomic E-state index is -0.763. The van der Waals surface area contributed by atoms with Gasteiger partial charge in [0.25, 0.3) is 5.91 Å². The fourth-order valence-corrected chi connectivity index (χ4v) is 5.48. The zero-order valence-corrected chi connectivity index (χ0v) is 20.5. The average molecular weight is 525 g/mol. The van der Waals surface area contributed by atoms with E-state index in [1.54, 1.807) is 10.7 Å². The first kappa shape index (κ1) is 22.6. The zero-order chi connectivity index (χ0) is 24.0. The van der Waals surface area contributed by atoms with E-state index in [1.165, 1.54) is 7.11 Å². The summed E-state index contributed by atoms with van der Waals surface area (Å²) in [5.41, 5.74) is 2.39. The largest absolute Gasteiger partial charge is 0.467 e. The monoisotopic (exact) mass is 524 g/mol. The van der Waals surface area contributed by atoms with Gasteiger partial charge in [-0.3, -0.25) is 14.3 Å². The van der Waals surface area contributed by atoms with Gasteiger partial charge in [-0.05, 0) is 41.7 Å². The van der Waals surface area contributed by atoms with Gasteiger partial charge in [-0.25, -0.2) is 4.79 Å². The molecule has 0 unspecified atom stereocenters. The fourth-order valence-electron chi connectivity index (χ4n) is 5.03. The fraction of sp³-hybridized carbons (Fsp3) is 0.360. The van der Waals surface area contributed by atoms with Crippen molar-refractivity contribution < 1.29 is 19.1 Å². The van der Waals surface area contributed by atoms with Crippen LogP contribution in [-0.2, 0) is 27.8 Å². The number of carbonyl (C=O) groups is 3. The minimum absolute atomic E-state index is 0.0292. The van der Waals surface area contributed by atoms with Crippen molar-refractivity contribution in [3.8, 4) is 0 Å². The molecule has 3 aromatic rings. The number of ether oxygens (including phenoxy) is 1. The number of aryl methyl sites for hydroxylation is 1. The van der Waals surface area contributed by atoms with Crippen LogP contribution in [0.1, 0.15) is 15.9 Å². The molecule has 34 heavy (non-hydrogen) atoms. The van der Waals surface area contributed by atoms with Crippen LogP contribution in [-0.4, -0.2) is 58.7 Å². The van der Waals surface area contributed by atoms with Gasteiger partial charge in [0.05, 0.1) is 12.6 Å². The molecule has 1 aliphatic heterocycles. The highest BCUT2D eigenvalue weighted by Gasteiger charge is 2.60. The number of piperidine rings is 1. The van der Waals surface area contributed by atoms with E-state index < -0.39 is 12.0 Å². The summed E-state index contributed by atoms with van der Waals surface area (Å²) in [7, 11) is 3.17. The average Bonchev–Trinajstić information content (AvgIpc) is 3.14. The molecule has 8 nitrogen and oxygen atoms in total. The summed E-state index contributed by atoms with van der Waals surface area (Å²) < 4.78 is 7.52. The van der Waals surface area contributed by atoms with Gasteiger partial charge >= 0.3 is 5.97 Å². The first-order valence-corrected chi connectivity index (χ1v) is 12.0. The zero-order valence-electron chi connectivity index (χ0n) is 18.9. The van der Waals surface area contributed by atoms with Crippen LogP contribution in [0.5, 0.6) is 0 Å². The number of rotatable bonds is 6. The lowest BCUT2D eigenvalue weighted by molar-refractivity contribution is -0.145. The summed E-state index contributed by atoms with van der Waals surface area (Å²) in [6.45, 7) is 1.08. The molecule has 1 aromatic heterocycles. The lowest BCUT2D eigenvalue weighted by Crippen LogP contribution is -2.45. The second kappa shape index (κ2) is 8.87. The minimum Gasteiger partial charge on any atom is -0.467 e. The molecule has 176 valence electrons. The number of nitrogens with one attached hydrogen (secondary N) is 1. The summed E-state index contributed by atoms with van der Waals surface area (Å²) in [4.78, 5) is 40.1. The van der Waals surface area contributed by atoms with Crippen molar-refractivity contribution in [1.29, 1.82) is 0 Å². The summed E-state index contributed by atoms with van der Waals surface area (Å²) in [5, 5.41) is 8.15. The summed E-state index contributed by atoms with van der Waals surface area (Å²) in [6.07, 6.45) is 2.23. The summed E-state index contributed by atoms with van der Waals surface area (Å²) >= 11 is 3.49. The summed E-state index contributed by atoms with van der Waals surface area (Å²) in [5.74, 6) is -0.603. The van der Waals surface area contributed by atoms with Crippen LogP contribution >= 0.6 is 15.9 Å². The van der Waals surface area contributed by atoms with Crippen LogP contribution in [0.15, 0.2) is 53.1 Å². The molecule has 5 rings (SSSR count). The SMILES string of the molecule is COC(=O)[C@H](Cc1ccccc1Br)NC(=O)C1[C@H]2CN(C(=O)c3ccc4nn(C)cc4c3)C[C@H]12. The van der Waals surface area contributed by atoms with E-state index >= 15 is 0 Å². The van der Waals surface area contributed by atoms with Gasteiger partial charge in [0, 0.05) is 54.1 Å². The molecular formula is C25H25BrN4O4. The Labute approximate surface area is 205 Å². The lowest BCUT2D eigenvalue weighted by Gasteiger charge is -2.21. The predicted molar refractivity (Wildman–Crippen MR) is 129 cm³/mol. The molecule has 9 heteroatoms. The molecule has 2 aromatic carbocycles. The van der Waals surface area contributed by atoms with Crippen LogP contribution in [0.3, 0.4) is 0 Å². The number of fused-ring (bicyclic) bond motifs is 2. The highest BCUT2D eigenvalue weighted by Crippen LogP contribution is 2.52. The topological polar surface area (TPSA) is 93.5 Å². The second-order valence-corrected chi connectivity index (χ2v) is 9.87. The number of hydrogen-bond acceptors (Lipinski definition) is 5. The van der Waals surface area contributed by atoms with Gasteiger partial charge in [0.2, 0.25) is 5.91 Å². The van der Waals surface area contributed by atoms with Crippen molar-refractivity contribution in [2.75, 3.05) is 20.2 Å². The molecule has 2 heterocycles. The number of esters is 1. The molecule has 0 bridgehead atoms. The van der Waals surface area contributed by atoms with Gasteiger partial charge in [0.1, 0.15) is 6.04 Å². The molecule has 2 aliphatic rings. The molecule has 2 amide bonds. The molecular weight excluding hydrogens is 500 g/mol. The van der Waals surface area contributed by atoms with Crippen molar-refractivity contribution >= 4 is 44.6 Å². The van der Waals surface area contributed by atoms with E-state index in [4.69, 9.17) is 4.74 Å². The third-order valence-corrected chi connectivity index (χ3v) is 7.61. The third kappa shape index (κ3) is 4.20. The van der Waals surface area contributed by atoms with Crippen molar-refractivity contribution in [3.05, 3.63) is 64.3 Å². The van der Waals surface area contributed by atoms with Crippen molar-refractivity contribution in [1.82, 2.24) is 20.0 Å². The first-order valence-electron chi connectivity index (χ1n) is 11.2. The van der Waals surface area contributed by atoms with E-state index in [2.05, 4.69) is 26.3 Å². The molecule has 2 fully saturated rings. The van der Waals surface area contributed by atoms with Gasteiger partial charge in [-0.2, -0.15) is 5.10 Å². The van der Waals surface area contributed by atoms with E-state index in [0.717, 1.165) is 20.9 Å². The first-order chi connectivity index (χ1) is 16.4. The Balaban J connectivity index is 1.20. The quantitative estimate of drug-likeness (QED) is 0.500. The van der Waals surface area contributed by atoms with Gasteiger partial charge in [0.15, 0.2) is 0 Å². The van der Waals surface area contributed by atoms with Crippen molar-refractivity contribution in [3.63, 3.8) is 0 Å². The Morgan fingerprint density at radius 1 is 1.18 bits per heavy atom. The maximum absolute atomic E-state index is 13.0. The van der Waals surface area contributed by atoms with Crippen molar-refractivity contribution in [2.45, 2.75) is 12.5 Å². The second-order valence-electron chi connectivity index (χ2n) is 9.02. The molecule has 1 N–H and O–H groups in total. The Morgan fingerprint density at radius 2 is 1.91 bits per heavy atom. The van der Waals surface area contributed by atoms with Gasteiger partial charge < -0.3 is 15.0 Å². The van der Waals surface area contributed by atoms with Crippen LogP contribution in [0.2, 0.25) is 0 Å². The number of hydrogen-bond donors (Lipinski definition) is 1. The van der Waals surface area contributed by atoms with Gasteiger partial charge in [-0.15, -0.1) is 0 Å². The number of carbonyl (C=O) groups excluding carboxylic acids is 3. The van der Waals surface area contributed by atoms with Crippen molar-refractivity contribution in [2.24, 2.45) is 24.8 Å². The highest BCUT2D eigenvalue weighted by atomic mass is 79.9. The normalized spacial score (nSPS) is 21.7. The third-order valence-electron chi connectivity index (χ3n) is 6.83. The molecule has 3 atom stereocenters. The number of amides is 2. The molecule has 0 spiro atoms. The van der Waals surface area contributed by atoms with Gasteiger partial charge in [-0.1, -0.05) is 34.1 Å². The smallest absolute Gasteiger partial charge is 0.328 e. The Morgan fingerprint density at radius 3 is 2.62 bits per heavy atom. The van der Waals surface area contributed by atoms with E-state index in [1.807, 2.05) is 54.5 Å². The predicted octanol–water partition coefficient (Wildman–Crippen LogP) is 2.55. The number of methoxy groups -OCH3 is 1. The van der Waals surface area contributed by atoms with E-state index in [9.17, 15) is 14.4 Å². The number of halogens is 1.